The number of carbonyl (C=O) groups excluding carboxylic acids is 2. The zero-order valence-corrected chi connectivity index (χ0v) is 14.2. The minimum atomic E-state index is -0.163. The molecule has 2 aromatic rings. The molecule has 1 aliphatic rings. The van der Waals surface area contributed by atoms with Gasteiger partial charge in [0.05, 0.1) is 18.7 Å². The Labute approximate surface area is 141 Å². The Hall–Kier alpha value is -2.37. The number of esters is 1. The predicted molar refractivity (Wildman–Crippen MR) is 89.6 cm³/mol. The maximum Gasteiger partial charge on any atom is 0.308 e. The Morgan fingerprint density at radius 3 is 2.75 bits per heavy atom. The lowest BCUT2D eigenvalue weighted by Crippen LogP contribution is -2.40. The zero-order chi connectivity index (χ0) is 17.1. The number of piperidine rings is 1. The van der Waals surface area contributed by atoms with Crippen LogP contribution in [0.2, 0.25) is 0 Å². The zero-order valence-electron chi connectivity index (χ0n) is 14.2. The average Bonchev–Trinajstić information content (AvgIpc) is 2.94. The molecular weight excluding hydrogens is 306 g/mol. The summed E-state index contributed by atoms with van der Waals surface area (Å²) in [6.07, 6.45) is 4.50. The highest BCUT2D eigenvalue weighted by Gasteiger charge is 2.27. The van der Waals surface area contributed by atoms with Crippen LogP contribution < -0.4 is 0 Å². The van der Waals surface area contributed by atoms with E-state index in [-0.39, 0.29) is 17.8 Å². The van der Waals surface area contributed by atoms with E-state index < -0.39 is 0 Å². The van der Waals surface area contributed by atoms with Crippen LogP contribution in [0.1, 0.15) is 30.7 Å². The fourth-order valence-corrected chi connectivity index (χ4v) is 3.38. The molecule has 0 atom stereocenters. The Morgan fingerprint density at radius 1 is 1.29 bits per heavy atom. The Morgan fingerprint density at radius 2 is 2.04 bits per heavy atom. The number of carbonyl (C=O) groups is 2. The van der Waals surface area contributed by atoms with Crippen LogP contribution in [-0.2, 0) is 20.7 Å². The topological polar surface area (TPSA) is 63.9 Å². The van der Waals surface area contributed by atoms with Crippen LogP contribution in [0.15, 0.2) is 24.4 Å². The van der Waals surface area contributed by atoms with Crippen molar-refractivity contribution in [1.82, 2.24) is 14.3 Å². The molecule has 3 heterocycles. The molecule has 0 spiro atoms. The van der Waals surface area contributed by atoms with Crippen molar-refractivity contribution in [3.8, 4) is 0 Å². The maximum atomic E-state index is 12.5. The highest BCUT2D eigenvalue weighted by atomic mass is 16.5. The molecule has 0 saturated carbocycles. The second-order valence-corrected chi connectivity index (χ2v) is 6.25. The third-order valence-electron chi connectivity index (χ3n) is 4.79. The molecule has 1 aliphatic heterocycles. The number of amides is 1. The van der Waals surface area contributed by atoms with Gasteiger partial charge in [-0.1, -0.05) is 6.07 Å². The lowest BCUT2D eigenvalue weighted by molar-refractivity contribution is -0.148. The highest BCUT2D eigenvalue weighted by Crippen LogP contribution is 2.20. The summed E-state index contributed by atoms with van der Waals surface area (Å²) in [5, 5.41) is 0. The van der Waals surface area contributed by atoms with Gasteiger partial charge in [0, 0.05) is 31.4 Å². The number of methoxy groups -OCH3 is 1. The van der Waals surface area contributed by atoms with Crippen molar-refractivity contribution in [2.75, 3.05) is 20.2 Å². The number of aryl methyl sites for hydroxylation is 2. The number of fused-ring (bicyclic) bond motifs is 1. The first-order valence-electron chi connectivity index (χ1n) is 8.38. The maximum absolute atomic E-state index is 12.5. The Bertz CT molecular complexity index is 745. The van der Waals surface area contributed by atoms with Gasteiger partial charge in [-0.05, 0) is 38.3 Å². The Kier molecular flexibility index (Phi) is 4.83. The number of pyridine rings is 1. The summed E-state index contributed by atoms with van der Waals surface area (Å²) in [5.41, 5.74) is 2.97. The molecule has 6 nitrogen and oxygen atoms in total. The molecule has 0 unspecified atom stereocenters. The van der Waals surface area contributed by atoms with Crippen LogP contribution in [0.4, 0.5) is 0 Å². The minimum Gasteiger partial charge on any atom is -0.469 e. The molecular formula is C18H23N3O3. The molecule has 0 aliphatic carbocycles. The number of ether oxygens (including phenoxy) is 1. The summed E-state index contributed by atoms with van der Waals surface area (Å²) in [5.74, 6) is -0.0906. The molecule has 2 aromatic heterocycles. The first kappa shape index (κ1) is 16.5. The second kappa shape index (κ2) is 7.03. The van der Waals surface area contributed by atoms with Crippen LogP contribution in [0.5, 0.6) is 0 Å². The van der Waals surface area contributed by atoms with E-state index in [1.165, 1.54) is 7.11 Å². The van der Waals surface area contributed by atoms with Gasteiger partial charge in [-0.25, -0.2) is 4.98 Å². The number of aromatic nitrogens is 2. The van der Waals surface area contributed by atoms with Crippen molar-refractivity contribution in [3.05, 3.63) is 35.8 Å². The van der Waals surface area contributed by atoms with Crippen molar-refractivity contribution in [3.63, 3.8) is 0 Å². The molecule has 128 valence electrons. The van der Waals surface area contributed by atoms with Crippen molar-refractivity contribution in [1.29, 1.82) is 0 Å². The molecule has 6 heteroatoms. The van der Waals surface area contributed by atoms with Crippen LogP contribution in [0, 0.1) is 12.8 Å². The van der Waals surface area contributed by atoms with Crippen molar-refractivity contribution in [2.45, 2.75) is 32.6 Å². The van der Waals surface area contributed by atoms with Crippen LogP contribution >= 0.6 is 0 Å². The lowest BCUT2D eigenvalue weighted by atomic mass is 9.96. The molecule has 1 fully saturated rings. The smallest absolute Gasteiger partial charge is 0.308 e. The largest absolute Gasteiger partial charge is 0.469 e. The van der Waals surface area contributed by atoms with E-state index in [1.54, 1.807) is 0 Å². The van der Waals surface area contributed by atoms with E-state index in [0.717, 1.165) is 17.0 Å². The van der Waals surface area contributed by atoms with Gasteiger partial charge in [-0.3, -0.25) is 9.59 Å². The highest BCUT2D eigenvalue weighted by molar-refractivity contribution is 5.77. The third kappa shape index (κ3) is 3.27. The van der Waals surface area contributed by atoms with E-state index in [2.05, 4.69) is 4.98 Å². The molecule has 3 rings (SSSR count). The first-order chi connectivity index (χ1) is 11.6. The molecule has 0 bridgehead atoms. The molecule has 0 N–H and O–H groups in total. The van der Waals surface area contributed by atoms with Crippen LogP contribution in [0.3, 0.4) is 0 Å². The van der Waals surface area contributed by atoms with Gasteiger partial charge >= 0.3 is 5.97 Å². The standard InChI is InChI=1S/C18H23N3O3/c1-13-15(21-10-4-3-5-16(21)19-13)6-7-17(22)20-11-8-14(9-12-20)18(23)24-2/h3-5,10,14H,6-9,11-12H2,1-2H3. The predicted octanol–water partition coefficient (Wildman–Crippen LogP) is 1.99. The molecule has 0 radical (unpaired) electrons. The molecule has 1 saturated heterocycles. The summed E-state index contributed by atoms with van der Waals surface area (Å²) < 4.78 is 6.83. The van der Waals surface area contributed by atoms with E-state index >= 15 is 0 Å². The van der Waals surface area contributed by atoms with E-state index in [4.69, 9.17) is 4.74 Å². The summed E-state index contributed by atoms with van der Waals surface area (Å²) in [7, 11) is 1.41. The number of likely N-dealkylation sites (tertiary alicyclic amines) is 1. The fourth-order valence-electron chi connectivity index (χ4n) is 3.38. The van der Waals surface area contributed by atoms with Gasteiger partial charge in [0.15, 0.2) is 0 Å². The monoisotopic (exact) mass is 329 g/mol. The number of nitrogens with zero attached hydrogens (tertiary/aromatic N) is 3. The van der Waals surface area contributed by atoms with Gasteiger partial charge in [-0.2, -0.15) is 0 Å². The summed E-state index contributed by atoms with van der Waals surface area (Å²) in [6, 6.07) is 5.90. The summed E-state index contributed by atoms with van der Waals surface area (Å²) in [4.78, 5) is 30.4. The number of hydrogen-bond donors (Lipinski definition) is 0. The van der Waals surface area contributed by atoms with Gasteiger partial charge < -0.3 is 14.0 Å². The van der Waals surface area contributed by atoms with Crippen molar-refractivity contribution in [2.24, 2.45) is 5.92 Å². The van der Waals surface area contributed by atoms with Gasteiger partial charge in [-0.15, -0.1) is 0 Å². The van der Waals surface area contributed by atoms with Crippen LogP contribution in [0.25, 0.3) is 5.65 Å². The normalized spacial score (nSPS) is 15.7. The van der Waals surface area contributed by atoms with E-state index in [9.17, 15) is 9.59 Å². The average molecular weight is 329 g/mol. The van der Waals surface area contributed by atoms with E-state index in [1.807, 2.05) is 40.6 Å². The molecule has 0 aromatic carbocycles. The van der Waals surface area contributed by atoms with Gasteiger partial charge in [0.25, 0.3) is 0 Å². The third-order valence-corrected chi connectivity index (χ3v) is 4.79. The number of imidazole rings is 1. The minimum absolute atomic E-state index is 0.0694. The van der Waals surface area contributed by atoms with Crippen LogP contribution in [-0.4, -0.2) is 46.4 Å². The Balaban J connectivity index is 1.58. The lowest BCUT2D eigenvalue weighted by Gasteiger charge is -2.30. The van der Waals surface area contributed by atoms with Crippen molar-refractivity contribution >= 4 is 17.5 Å². The van der Waals surface area contributed by atoms with Gasteiger partial charge in [0.1, 0.15) is 5.65 Å². The number of rotatable bonds is 4. The molecule has 24 heavy (non-hydrogen) atoms. The second-order valence-electron chi connectivity index (χ2n) is 6.25. The van der Waals surface area contributed by atoms with Crippen molar-refractivity contribution < 1.29 is 14.3 Å². The fraction of sp³-hybridized carbons (Fsp3) is 0.500. The quantitative estimate of drug-likeness (QED) is 0.805. The van der Waals surface area contributed by atoms with E-state index in [0.29, 0.717) is 38.8 Å². The summed E-state index contributed by atoms with van der Waals surface area (Å²) in [6.45, 7) is 3.24. The van der Waals surface area contributed by atoms with Gasteiger partial charge in [0.2, 0.25) is 5.91 Å². The summed E-state index contributed by atoms with van der Waals surface area (Å²) >= 11 is 0. The number of hydrogen-bond acceptors (Lipinski definition) is 4. The first-order valence-corrected chi connectivity index (χ1v) is 8.38. The SMILES string of the molecule is COC(=O)C1CCN(C(=O)CCc2c(C)nc3ccccn23)CC1. The molecule has 1 amide bonds.